The number of hydrogen-bond acceptors (Lipinski definition) is 3. The summed E-state index contributed by atoms with van der Waals surface area (Å²) < 4.78 is 0. The zero-order chi connectivity index (χ0) is 11.0. The quantitative estimate of drug-likeness (QED) is 0.762. The molecule has 4 rings (SSSR count). The number of nitrogens with one attached hydrogen (secondary N) is 1. The Balaban J connectivity index is 1.58. The molecule has 0 saturated carbocycles. The lowest BCUT2D eigenvalue weighted by molar-refractivity contribution is 0.0149. The minimum absolute atomic E-state index is 0.764. The first-order valence-electron chi connectivity index (χ1n) is 7.06. The number of hydrogen-bond donors (Lipinski definition) is 1. The lowest BCUT2D eigenvalue weighted by Crippen LogP contribution is -2.57. The van der Waals surface area contributed by atoms with Crippen molar-refractivity contribution in [3.05, 3.63) is 0 Å². The maximum atomic E-state index is 3.60. The molecule has 16 heavy (non-hydrogen) atoms. The lowest BCUT2D eigenvalue weighted by atomic mass is 9.83. The first-order chi connectivity index (χ1) is 7.86. The molecule has 0 amide bonds. The fourth-order valence-electron chi connectivity index (χ4n) is 3.89. The molecule has 0 spiro atoms. The van der Waals surface area contributed by atoms with Gasteiger partial charge in [0.1, 0.15) is 0 Å². The smallest absolute Gasteiger partial charge is 0.0253 e. The van der Waals surface area contributed by atoms with Crippen molar-refractivity contribution >= 4 is 0 Å². The van der Waals surface area contributed by atoms with Crippen LogP contribution in [0.4, 0.5) is 0 Å². The van der Waals surface area contributed by atoms with Gasteiger partial charge in [0.05, 0.1) is 0 Å². The average Bonchev–Trinajstić information content (AvgIpc) is 2.80. The summed E-state index contributed by atoms with van der Waals surface area (Å²) in [4.78, 5) is 5.44. The zero-order valence-corrected chi connectivity index (χ0v) is 10.5. The molecule has 4 saturated heterocycles. The number of piperidine rings is 3. The second-order valence-corrected chi connectivity index (χ2v) is 5.74. The van der Waals surface area contributed by atoms with Crippen molar-refractivity contribution in [1.82, 2.24) is 15.1 Å². The van der Waals surface area contributed by atoms with Crippen molar-refractivity contribution in [3.63, 3.8) is 0 Å². The van der Waals surface area contributed by atoms with E-state index < -0.39 is 0 Å². The van der Waals surface area contributed by atoms with Crippen LogP contribution < -0.4 is 5.32 Å². The predicted octanol–water partition coefficient (Wildman–Crippen LogP) is 0.764. The first kappa shape index (κ1) is 11.0. The topological polar surface area (TPSA) is 18.5 Å². The van der Waals surface area contributed by atoms with E-state index in [1.54, 1.807) is 0 Å². The maximum Gasteiger partial charge on any atom is 0.0253 e. The monoisotopic (exact) mass is 223 g/mol. The molecule has 2 atom stereocenters. The Bertz CT molecular complexity index is 235. The predicted molar refractivity (Wildman–Crippen MR) is 66.6 cm³/mol. The van der Waals surface area contributed by atoms with Crippen molar-refractivity contribution in [2.75, 3.05) is 39.3 Å². The molecule has 92 valence electrons. The summed E-state index contributed by atoms with van der Waals surface area (Å²) in [5, 5.41) is 3.60. The minimum atomic E-state index is 0.764. The molecule has 4 aliphatic heterocycles. The molecule has 2 unspecified atom stereocenters. The Morgan fingerprint density at radius 3 is 2.50 bits per heavy atom. The summed E-state index contributed by atoms with van der Waals surface area (Å²) in [6.07, 6.45) is 4.26. The molecular formula is C13H25N3. The molecule has 0 aromatic heterocycles. The highest BCUT2D eigenvalue weighted by Gasteiger charge is 2.39. The van der Waals surface area contributed by atoms with Crippen molar-refractivity contribution in [2.24, 2.45) is 5.92 Å². The number of likely N-dealkylation sites (N-methyl/N-ethyl adjacent to an activating group) is 1. The highest BCUT2D eigenvalue weighted by atomic mass is 15.3. The van der Waals surface area contributed by atoms with Crippen molar-refractivity contribution in [3.8, 4) is 0 Å². The molecule has 3 nitrogen and oxygen atoms in total. The van der Waals surface area contributed by atoms with Crippen molar-refractivity contribution in [2.45, 2.75) is 38.3 Å². The van der Waals surface area contributed by atoms with Gasteiger partial charge in [0.15, 0.2) is 0 Å². The SMILES string of the molecule is CCNC1CCN(C2CN3CCC2CC3)C1. The van der Waals surface area contributed by atoms with E-state index in [4.69, 9.17) is 0 Å². The van der Waals surface area contributed by atoms with E-state index in [1.807, 2.05) is 0 Å². The van der Waals surface area contributed by atoms with Gasteiger partial charge in [0.2, 0.25) is 0 Å². The van der Waals surface area contributed by atoms with E-state index >= 15 is 0 Å². The van der Waals surface area contributed by atoms with E-state index in [-0.39, 0.29) is 0 Å². The van der Waals surface area contributed by atoms with E-state index in [2.05, 4.69) is 22.0 Å². The van der Waals surface area contributed by atoms with E-state index in [0.29, 0.717) is 0 Å². The normalized spacial score (nSPS) is 44.1. The third-order valence-corrected chi connectivity index (χ3v) is 4.80. The van der Waals surface area contributed by atoms with Gasteiger partial charge in [-0.25, -0.2) is 0 Å². The van der Waals surface area contributed by atoms with Crippen LogP contribution in [0, 0.1) is 5.92 Å². The number of likely N-dealkylation sites (tertiary alicyclic amines) is 1. The van der Waals surface area contributed by atoms with Gasteiger partial charge in [0, 0.05) is 31.7 Å². The van der Waals surface area contributed by atoms with E-state index in [1.165, 1.54) is 52.0 Å². The number of fused-ring (bicyclic) bond motifs is 3. The van der Waals surface area contributed by atoms with Crippen molar-refractivity contribution < 1.29 is 0 Å². The molecule has 0 aromatic carbocycles. The molecule has 4 fully saturated rings. The maximum absolute atomic E-state index is 3.60. The van der Waals surface area contributed by atoms with Crippen LogP contribution in [-0.4, -0.2) is 61.2 Å². The van der Waals surface area contributed by atoms with Crippen LogP contribution in [0.2, 0.25) is 0 Å². The molecule has 0 aromatic rings. The average molecular weight is 223 g/mol. The van der Waals surface area contributed by atoms with Gasteiger partial charge < -0.3 is 10.2 Å². The molecule has 0 radical (unpaired) electrons. The molecule has 1 N–H and O–H groups in total. The van der Waals surface area contributed by atoms with Gasteiger partial charge in [0.25, 0.3) is 0 Å². The molecular weight excluding hydrogens is 198 g/mol. The van der Waals surface area contributed by atoms with E-state index in [0.717, 1.165) is 24.5 Å². The van der Waals surface area contributed by atoms with Gasteiger partial charge in [-0.15, -0.1) is 0 Å². The number of rotatable bonds is 3. The van der Waals surface area contributed by atoms with Crippen LogP contribution in [0.1, 0.15) is 26.2 Å². The van der Waals surface area contributed by atoms with Crippen LogP contribution in [0.15, 0.2) is 0 Å². The van der Waals surface area contributed by atoms with Crippen LogP contribution >= 0.6 is 0 Å². The second-order valence-electron chi connectivity index (χ2n) is 5.74. The third-order valence-electron chi connectivity index (χ3n) is 4.80. The molecule has 0 aliphatic carbocycles. The Hall–Kier alpha value is -0.120. The molecule has 4 aliphatic rings. The summed E-state index contributed by atoms with van der Waals surface area (Å²) in [6.45, 7) is 10.0. The van der Waals surface area contributed by atoms with Gasteiger partial charge in [-0.1, -0.05) is 6.92 Å². The Morgan fingerprint density at radius 1 is 1.06 bits per heavy atom. The highest BCUT2D eigenvalue weighted by Crippen LogP contribution is 2.32. The Kier molecular flexibility index (Phi) is 3.18. The number of nitrogens with zero attached hydrogens (tertiary/aromatic N) is 2. The minimum Gasteiger partial charge on any atom is -0.313 e. The van der Waals surface area contributed by atoms with Crippen LogP contribution in [0.5, 0.6) is 0 Å². The van der Waals surface area contributed by atoms with Gasteiger partial charge >= 0.3 is 0 Å². The van der Waals surface area contributed by atoms with Gasteiger partial charge in [-0.05, 0) is 44.8 Å². The summed E-state index contributed by atoms with van der Waals surface area (Å²) in [6, 6.07) is 1.65. The fourth-order valence-corrected chi connectivity index (χ4v) is 3.89. The van der Waals surface area contributed by atoms with Crippen LogP contribution in [0.25, 0.3) is 0 Å². The summed E-state index contributed by atoms with van der Waals surface area (Å²) in [5.41, 5.74) is 0. The standard InChI is InChI=1S/C13H25N3/c1-2-14-12-5-8-16(9-12)13-10-15-6-3-11(13)4-7-15/h11-14H,2-10H2,1H3. The Labute approximate surface area is 99.2 Å². The van der Waals surface area contributed by atoms with Gasteiger partial charge in [-0.2, -0.15) is 0 Å². The van der Waals surface area contributed by atoms with Crippen LogP contribution in [0.3, 0.4) is 0 Å². The van der Waals surface area contributed by atoms with Gasteiger partial charge in [-0.3, -0.25) is 4.90 Å². The third kappa shape index (κ3) is 2.01. The Morgan fingerprint density at radius 2 is 1.88 bits per heavy atom. The summed E-state index contributed by atoms with van der Waals surface area (Å²) in [5.74, 6) is 1.00. The fraction of sp³-hybridized carbons (Fsp3) is 1.00. The summed E-state index contributed by atoms with van der Waals surface area (Å²) >= 11 is 0. The lowest BCUT2D eigenvalue weighted by Gasteiger charge is -2.48. The zero-order valence-electron chi connectivity index (χ0n) is 10.5. The first-order valence-corrected chi connectivity index (χ1v) is 7.06. The molecule has 2 bridgehead atoms. The molecule has 3 heteroatoms. The second kappa shape index (κ2) is 4.63. The van der Waals surface area contributed by atoms with Crippen molar-refractivity contribution in [1.29, 1.82) is 0 Å². The van der Waals surface area contributed by atoms with E-state index in [9.17, 15) is 0 Å². The van der Waals surface area contributed by atoms with Crippen LogP contribution in [-0.2, 0) is 0 Å². The largest absolute Gasteiger partial charge is 0.313 e. The highest BCUT2D eigenvalue weighted by molar-refractivity contribution is 4.95. The molecule has 4 heterocycles. The summed E-state index contributed by atoms with van der Waals surface area (Å²) in [7, 11) is 0.